The van der Waals surface area contributed by atoms with E-state index in [0.29, 0.717) is 12.1 Å². The highest BCUT2D eigenvalue weighted by molar-refractivity contribution is 7.99. The van der Waals surface area contributed by atoms with Gasteiger partial charge in [0.1, 0.15) is 0 Å². The van der Waals surface area contributed by atoms with Crippen molar-refractivity contribution in [3.8, 4) is 0 Å². The second kappa shape index (κ2) is 5.59. The molecule has 3 rings (SSSR count). The maximum Gasteiger partial charge on any atom is 0.419 e. The molecule has 1 heterocycles. The molecule has 0 radical (unpaired) electrons. The third-order valence-corrected chi connectivity index (χ3v) is 4.12. The molecule has 0 bridgehead atoms. The minimum atomic E-state index is -0.281. The number of rotatable bonds is 4. The number of nitrogens with zero attached hydrogens (tertiary/aromatic N) is 1. The smallest absolute Gasteiger partial charge is 0.408 e. The van der Waals surface area contributed by atoms with Gasteiger partial charge in [0, 0.05) is 17.2 Å². The van der Waals surface area contributed by atoms with Gasteiger partial charge < -0.3 is 4.42 Å². The van der Waals surface area contributed by atoms with Crippen LogP contribution in [0.2, 0.25) is 0 Å². The molecule has 20 heavy (non-hydrogen) atoms. The van der Waals surface area contributed by atoms with Crippen LogP contribution in [-0.4, -0.2) is 10.3 Å². The zero-order chi connectivity index (χ0) is 13.9. The summed E-state index contributed by atoms with van der Waals surface area (Å²) in [5.74, 6) is 0.559. The Morgan fingerprint density at radius 2 is 2.00 bits per heavy atom. The Morgan fingerprint density at radius 1 is 1.15 bits per heavy atom. The lowest BCUT2D eigenvalue weighted by atomic mass is 10.2. The summed E-state index contributed by atoms with van der Waals surface area (Å²) < 4.78 is 6.91. The first kappa shape index (κ1) is 13.1. The zero-order valence-electron chi connectivity index (χ0n) is 11.2. The van der Waals surface area contributed by atoms with E-state index in [0.717, 1.165) is 11.3 Å². The normalized spacial score (nSPS) is 11.1. The Bertz CT molecular complexity index is 788. The van der Waals surface area contributed by atoms with Gasteiger partial charge in [-0.05, 0) is 31.2 Å². The van der Waals surface area contributed by atoms with Crippen molar-refractivity contribution in [1.29, 1.82) is 0 Å². The molecule has 0 saturated carbocycles. The molecule has 2 aromatic carbocycles. The molecule has 3 nitrogen and oxygen atoms in total. The minimum absolute atomic E-state index is 0.281. The lowest BCUT2D eigenvalue weighted by Gasteiger charge is -2.03. The summed E-state index contributed by atoms with van der Waals surface area (Å²) in [6.45, 7) is 2.73. The molecule has 4 heteroatoms. The molecule has 1 aromatic heterocycles. The summed E-state index contributed by atoms with van der Waals surface area (Å²) >= 11 is 1.75. The van der Waals surface area contributed by atoms with Crippen LogP contribution in [-0.2, 0) is 6.54 Å². The fraction of sp³-hybridized carbons (Fsp3) is 0.188. The number of hydrogen-bond acceptors (Lipinski definition) is 3. The Morgan fingerprint density at radius 3 is 2.85 bits per heavy atom. The van der Waals surface area contributed by atoms with E-state index in [4.69, 9.17) is 4.42 Å². The molecule has 0 N–H and O–H groups in total. The third kappa shape index (κ3) is 2.65. The largest absolute Gasteiger partial charge is 0.419 e. The van der Waals surface area contributed by atoms with Gasteiger partial charge >= 0.3 is 5.76 Å². The predicted molar refractivity (Wildman–Crippen MR) is 82.4 cm³/mol. The van der Waals surface area contributed by atoms with E-state index in [2.05, 4.69) is 31.2 Å². The molecule has 0 spiro atoms. The van der Waals surface area contributed by atoms with E-state index in [1.54, 1.807) is 16.3 Å². The summed E-state index contributed by atoms with van der Waals surface area (Å²) in [5, 5.41) is 0. The van der Waals surface area contributed by atoms with E-state index < -0.39 is 0 Å². The Balaban J connectivity index is 1.74. The minimum Gasteiger partial charge on any atom is -0.408 e. The van der Waals surface area contributed by atoms with Crippen LogP contribution in [0.5, 0.6) is 0 Å². The number of hydrogen-bond donors (Lipinski definition) is 0. The van der Waals surface area contributed by atoms with E-state index in [-0.39, 0.29) is 5.76 Å². The number of para-hydroxylation sites is 2. The Hall–Kier alpha value is -1.94. The van der Waals surface area contributed by atoms with Crippen LogP contribution in [0.3, 0.4) is 0 Å². The SMILES string of the molecule is Cc1cccc(SCCn2c(=O)oc3ccccc32)c1. The van der Waals surface area contributed by atoms with E-state index >= 15 is 0 Å². The standard InChI is InChI=1S/C16H15NO2S/c1-12-5-4-6-13(11-12)20-10-9-17-14-7-2-3-8-15(14)19-16(17)18/h2-8,11H,9-10H2,1H3. The van der Waals surface area contributed by atoms with E-state index in [1.165, 1.54) is 10.5 Å². The van der Waals surface area contributed by atoms with Crippen molar-refractivity contribution in [1.82, 2.24) is 4.57 Å². The number of aryl methyl sites for hydroxylation is 2. The zero-order valence-corrected chi connectivity index (χ0v) is 12.0. The van der Waals surface area contributed by atoms with Crippen molar-refractivity contribution in [2.75, 3.05) is 5.75 Å². The maximum atomic E-state index is 11.8. The summed E-state index contributed by atoms with van der Waals surface area (Å²) in [6.07, 6.45) is 0. The molecule has 0 fully saturated rings. The second-order valence-electron chi connectivity index (χ2n) is 4.65. The topological polar surface area (TPSA) is 35.1 Å². The van der Waals surface area contributed by atoms with Gasteiger partial charge in [-0.2, -0.15) is 0 Å². The van der Waals surface area contributed by atoms with Crippen LogP contribution in [0.4, 0.5) is 0 Å². The lowest BCUT2D eigenvalue weighted by molar-refractivity contribution is 0.514. The van der Waals surface area contributed by atoms with Crippen molar-refractivity contribution in [3.63, 3.8) is 0 Å². The highest BCUT2D eigenvalue weighted by Gasteiger charge is 2.07. The second-order valence-corrected chi connectivity index (χ2v) is 5.82. The number of aromatic nitrogens is 1. The molecule has 0 aliphatic heterocycles. The maximum absolute atomic E-state index is 11.8. The first-order chi connectivity index (χ1) is 9.74. The Kier molecular flexibility index (Phi) is 3.65. The van der Waals surface area contributed by atoms with Crippen molar-refractivity contribution in [3.05, 3.63) is 64.6 Å². The van der Waals surface area contributed by atoms with Crippen LogP contribution in [0, 0.1) is 6.92 Å². The number of oxazole rings is 1. The molecule has 3 aromatic rings. The number of fused-ring (bicyclic) bond motifs is 1. The van der Waals surface area contributed by atoms with Crippen molar-refractivity contribution < 1.29 is 4.42 Å². The van der Waals surface area contributed by atoms with Gasteiger partial charge in [0.25, 0.3) is 0 Å². The van der Waals surface area contributed by atoms with E-state index in [1.807, 2.05) is 24.3 Å². The summed E-state index contributed by atoms with van der Waals surface area (Å²) in [5.41, 5.74) is 2.77. The van der Waals surface area contributed by atoms with Crippen LogP contribution < -0.4 is 5.76 Å². The fourth-order valence-electron chi connectivity index (χ4n) is 2.19. The van der Waals surface area contributed by atoms with Crippen molar-refractivity contribution in [2.24, 2.45) is 0 Å². The highest BCUT2D eigenvalue weighted by Crippen LogP contribution is 2.20. The first-order valence-corrected chi connectivity index (χ1v) is 7.50. The van der Waals surface area contributed by atoms with Gasteiger partial charge in [-0.3, -0.25) is 4.57 Å². The summed E-state index contributed by atoms with van der Waals surface area (Å²) in [6, 6.07) is 15.9. The van der Waals surface area contributed by atoms with E-state index in [9.17, 15) is 4.79 Å². The highest BCUT2D eigenvalue weighted by atomic mass is 32.2. The van der Waals surface area contributed by atoms with Gasteiger partial charge in [-0.25, -0.2) is 4.79 Å². The van der Waals surface area contributed by atoms with Crippen LogP contribution >= 0.6 is 11.8 Å². The number of thioether (sulfide) groups is 1. The molecular formula is C16H15NO2S. The average Bonchev–Trinajstić information content (AvgIpc) is 2.75. The van der Waals surface area contributed by atoms with Gasteiger partial charge in [0.05, 0.1) is 5.52 Å². The lowest BCUT2D eigenvalue weighted by Crippen LogP contribution is -2.15. The molecule has 0 atom stereocenters. The molecule has 102 valence electrons. The third-order valence-electron chi connectivity index (χ3n) is 3.15. The summed E-state index contributed by atoms with van der Waals surface area (Å²) in [7, 11) is 0. The van der Waals surface area contributed by atoms with Crippen molar-refractivity contribution in [2.45, 2.75) is 18.4 Å². The van der Waals surface area contributed by atoms with Crippen LogP contribution in [0.15, 0.2) is 62.6 Å². The monoisotopic (exact) mass is 285 g/mol. The van der Waals surface area contributed by atoms with Crippen LogP contribution in [0.1, 0.15) is 5.56 Å². The summed E-state index contributed by atoms with van der Waals surface area (Å²) in [4.78, 5) is 13.0. The Labute approximate surface area is 121 Å². The average molecular weight is 285 g/mol. The van der Waals surface area contributed by atoms with Gasteiger partial charge in [-0.1, -0.05) is 29.8 Å². The van der Waals surface area contributed by atoms with Gasteiger partial charge in [-0.15, -0.1) is 11.8 Å². The van der Waals surface area contributed by atoms with Crippen LogP contribution in [0.25, 0.3) is 11.1 Å². The van der Waals surface area contributed by atoms with Crippen molar-refractivity contribution >= 4 is 22.9 Å². The molecule has 0 amide bonds. The molecule has 0 aliphatic carbocycles. The first-order valence-electron chi connectivity index (χ1n) is 6.52. The number of benzene rings is 2. The molecule has 0 saturated heterocycles. The molecular weight excluding hydrogens is 270 g/mol. The van der Waals surface area contributed by atoms with Gasteiger partial charge in [0.15, 0.2) is 5.58 Å². The molecule has 0 unspecified atom stereocenters. The quantitative estimate of drug-likeness (QED) is 0.686. The fourth-order valence-corrected chi connectivity index (χ4v) is 3.14. The molecule has 0 aliphatic rings. The predicted octanol–water partition coefficient (Wildman–Crippen LogP) is 3.70. The van der Waals surface area contributed by atoms with Gasteiger partial charge in [0.2, 0.25) is 0 Å².